The van der Waals surface area contributed by atoms with E-state index >= 15 is 0 Å². The predicted octanol–water partition coefficient (Wildman–Crippen LogP) is -0.214. The van der Waals surface area contributed by atoms with E-state index < -0.39 is 11.9 Å². The van der Waals surface area contributed by atoms with Crippen LogP contribution < -0.4 is 11.1 Å². The fraction of sp³-hybridized carbons (Fsp3) is 0.273. The molecule has 1 amide bonds. The molecule has 0 saturated carbocycles. The molecule has 1 aliphatic rings. The van der Waals surface area contributed by atoms with E-state index in [4.69, 9.17) is 5.73 Å². The smallest absolute Gasteiger partial charge is 0.248 e. The monoisotopic (exact) mass is 259 g/mol. The van der Waals surface area contributed by atoms with Crippen molar-refractivity contribution in [3.63, 3.8) is 0 Å². The van der Waals surface area contributed by atoms with Crippen LogP contribution in [0.3, 0.4) is 0 Å². The van der Waals surface area contributed by atoms with E-state index in [-0.39, 0.29) is 0 Å². The Morgan fingerprint density at radius 1 is 1.47 bits per heavy atom. The van der Waals surface area contributed by atoms with Crippen molar-refractivity contribution in [1.82, 2.24) is 24.5 Å². The number of carbonyl (C=O) groups is 1. The minimum atomic E-state index is -0.489. The largest absolute Gasteiger partial charge is 0.366 e. The molecule has 2 aromatic rings. The molecular weight excluding hydrogens is 246 g/mol. The predicted molar refractivity (Wildman–Crippen MR) is 66.9 cm³/mol. The maximum absolute atomic E-state index is 11.7. The second kappa shape index (κ2) is 3.94. The van der Waals surface area contributed by atoms with Gasteiger partial charge in [0.2, 0.25) is 11.9 Å². The maximum atomic E-state index is 11.7. The number of carbonyl (C=O) groups excluding carboxylic acids is 1. The van der Waals surface area contributed by atoms with Gasteiger partial charge in [0, 0.05) is 18.9 Å². The van der Waals surface area contributed by atoms with Crippen LogP contribution in [0.5, 0.6) is 0 Å². The number of allylic oxidation sites excluding steroid dienone is 1. The van der Waals surface area contributed by atoms with Crippen LogP contribution >= 0.6 is 0 Å². The number of nitrogens with two attached hydrogens (primary N) is 1. The SMILES string of the molecule is CC1=C(C(N)=O)C(c2ccnn2C)n2ncnc2N1. The van der Waals surface area contributed by atoms with Gasteiger partial charge >= 0.3 is 0 Å². The van der Waals surface area contributed by atoms with Crippen LogP contribution in [-0.4, -0.2) is 30.5 Å². The molecule has 0 radical (unpaired) electrons. The zero-order valence-electron chi connectivity index (χ0n) is 10.5. The molecular formula is C11H13N7O. The zero-order chi connectivity index (χ0) is 13.6. The second-order valence-corrected chi connectivity index (χ2v) is 4.34. The molecule has 3 heterocycles. The molecule has 0 spiro atoms. The van der Waals surface area contributed by atoms with E-state index in [2.05, 4.69) is 20.5 Å². The standard InChI is InChI=1S/C11H13N7O/c1-6-8(10(12)19)9(7-3-4-14-17(7)2)18-11(16-6)13-5-15-18/h3-5,9H,1-2H3,(H2,12,19)(H,13,15,16). The third-order valence-electron chi connectivity index (χ3n) is 3.20. The Balaban J connectivity index is 2.24. The van der Waals surface area contributed by atoms with Crippen LogP contribution in [0.4, 0.5) is 5.95 Å². The molecule has 0 fully saturated rings. The third-order valence-corrected chi connectivity index (χ3v) is 3.20. The molecule has 98 valence electrons. The van der Waals surface area contributed by atoms with E-state index in [9.17, 15) is 4.79 Å². The van der Waals surface area contributed by atoms with E-state index in [1.54, 1.807) is 22.5 Å². The molecule has 0 aliphatic carbocycles. The fourth-order valence-corrected chi connectivity index (χ4v) is 2.34. The number of hydrogen-bond donors (Lipinski definition) is 2. The number of aryl methyl sites for hydroxylation is 1. The van der Waals surface area contributed by atoms with Crippen LogP contribution in [0, 0.1) is 0 Å². The van der Waals surface area contributed by atoms with Gasteiger partial charge in [-0.25, -0.2) is 4.68 Å². The number of nitrogens with one attached hydrogen (secondary N) is 1. The molecule has 3 N–H and O–H groups in total. The van der Waals surface area contributed by atoms with E-state index in [0.29, 0.717) is 17.2 Å². The Morgan fingerprint density at radius 3 is 2.89 bits per heavy atom. The molecule has 1 unspecified atom stereocenters. The van der Waals surface area contributed by atoms with Gasteiger partial charge in [0.25, 0.3) is 0 Å². The van der Waals surface area contributed by atoms with E-state index in [0.717, 1.165) is 5.69 Å². The maximum Gasteiger partial charge on any atom is 0.248 e. The Bertz CT molecular complexity index is 681. The lowest BCUT2D eigenvalue weighted by Crippen LogP contribution is -2.32. The first-order chi connectivity index (χ1) is 9.09. The molecule has 1 aliphatic heterocycles. The summed E-state index contributed by atoms with van der Waals surface area (Å²) in [6.07, 6.45) is 3.10. The van der Waals surface area contributed by atoms with Gasteiger partial charge in [-0.1, -0.05) is 0 Å². The first-order valence-electron chi connectivity index (χ1n) is 5.74. The highest BCUT2D eigenvalue weighted by atomic mass is 16.1. The van der Waals surface area contributed by atoms with Gasteiger partial charge in [-0.3, -0.25) is 9.48 Å². The number of nitrogens with zero attached hydrogens (tertiary/aromatic N) is 5. The summed E-state index contributed by atoms with van der Waals surface area (Å²) in [6.45, 7) is 1.79. The summed E-state index contributed by atoms with van der Waals surface area (Å²) >= 11 is 0. The minimum Gasteiger partial charge on any atom is -0.366 e. The van der Waals surface area contributed by atoms with Crippen LogP contribution in [0.25, 0.3) is 0 Å². The van der Waals surface area contributed by atoms with Crippen molar-refractivity contribution in [2.24, 2.45) is 12.8 Å². The third kappa shape index (κ3) is 1.60. The average molecular weight is 259 g/mol. The molecule has 0 saturated heterocycles. The van der Waals surface area contributed by atoms with Crippen molar-refractivity contribution in [3.05, 3.63) is 35.6 Å². The van der Waals surface area contributed by atoms with Gasteiger partial charge in [0.15, 0.2) is 0 Å². The van der Waals surface area contributed by atoms with Gasteiger partial charge in [0.1, 0.15) is 12.4 Å². The van der Waals surface area contributed by atoms with Crippen LogP contribution in [-0.2, 0) is 11.8 Å². The molecule has 3 rings (SSSR count). The van der Waals surface area contributed by atoms with Crippen molar-refractivity contribution in [3.8, 4) is 0 Å². The molecule has 8 nitrogen and oxygen atoms in total. The second-order valence-electron chi connectivity index (χ2n) is 4.34. The molecule has 2 aromatic heterocycles. The number of aromatic nitrogens is 5. The van der Waals surface area contributed by atoms with Crippen LogP contribution in [0.1, 0.15) is 18.7 Å². The van der Waals surface area contributed by atoms with Crippen molar-refractivity contribution < 1.29 is 4.79 Å². The molecule has 19 heavy (non-hydrogen) atoms. The van der Waals surface area contributed by atoms with Gasteiger partial charge in [0.05, 0.1) is 11.3 Å². The number of anilines is 1. The average Bonchev–Trinajstić information content (AvgIpc) is 2.95. The van der Waals surface area contributed by atoms with Crippen molar-refractivity contribution in [2.75, 3.05) is 5.32 Å². The number of fused-ring (bicyclic) bond motifs is 1. The number of amides is 1. The van der Waals surface area contributed by atoms with Gasteiger partial charge in [-0.05, 0) is 13.0 Å². The summed E-state index contributed by atoms with van der Waals surface area (Å²) in [5.41, 5.74) is 7.46. The van der Waals surface area contributed by atoms with Crippen LogP contribution in [0.2, 0.25) is 0 Å². The van der Waals surface area contributed by atoms with Crippen LogP contribution in [0.15, 0.2) is 29.9 Å². The topological polar surface area (TPSA) is 104 Å². The van der Waals surface area contributed by atoms with Gasteiger partial charge in [-0.2, -0.15) is 15.2 Å². The van der Waals surface area contributed by atoms with E-state index in [1.807, 2.05) is 13.1 Å². The highest BCUT2D eigenvalue weighted by Gasteiger charge is 2.33. The molecule has 1 atom stereocenters. The summed E-state index contributed by atoms with van der Waals surface area (Å²) < 4.78 is 3.32. The summed E-state index contributed by atoms with van der Waals surface area (Å²) in [5, 5.41) is 11.3. The Labute approximate surface area is 108 Å². The first-order valence-corrected chi connectivity index (χ1v) is 5.74. The minimum absolute atomic E-state index is 0.413. The number of primary amides is 1. The highest BCUT2D eigenvalue weighted by molar-refractivity contribution is 5.95. The lowest BCUT2D eigenvalue weighted by Gasteiger charge is -2.27. The Hall–Kier alpha value is -2.64. The Kier molecular flexibility index (Phi) is 2.37. The molecule has 0 bridgehead atoms. The normalized spacial score (nSPS) is 18.1. The zero-order valence-corrected chi connectivity index (χ0v) is 10.5. The van der Waals surface area contributed by atoms with Crippen molar-refractivity contribution in [1.29, 1.82) is 0 Å². The van der Waals surface area contributed by atoms with Crippen molar-refractivity contribution >= 4 is 11.9 Å². The first kappa shape index (κ1) is 11.5. The Morgan fingerprint density at radius 2 is 2.26 bits per heavy atom. The van der Waals surface area contributed by atoms with Gasteiger partial charge in [-0.15, -0.1) is 0 Å². The lowest BCUT2D eigenvalue weighted by atomic mass is 10.00. The fourth-order valence-electron chi connectivity index (χ4n) is 2.34. The number of rotatable bonds is 2. The molecule has 0 aromatic carbocycles. The number of hydrogen-bond acceptors (Lipinski definition) is 5. The quantitative estimate of drug-likeness (QED) is 0.776. The van der Waals surface area contributed by atoms with E-state index in [1.165, 1.54) is 6.33 Å². The summed E-state index contributed by atoms with van der Waals surface area (Å²) in [7, 11) is 1.81. The van der Waals surface area contributed by atoms with Gasteiger partial charge < -0.3 is 11.1 Å². The van der Waals surface area contributed by atoms with Crippen molar-refractivity contribution in [2.45, 2.75) is 13.0 Å². The summed E-state index contributed by atoms with van der Waals surface area (Å²) in [6, 6.07) is 1.42. The molecule has 8 heteroatoms. The lowest BCUT2D eigenvalue weighted by molar-refractivity contribution is -0.115. The highest BCUT2D eigenvalue weighted by Crippen LogP contribution is 2.33. The summed E-state index contributed by atoms with van der Waals surface area (Å²) in [5.74, 6) is 0.0889. The summed E-state index contributed by atoms with van der Waals surface area (Å²) in [4.78, 5) is 15.9.